The highest BCUT2D eigenvalue weighted by Crippen LogP contribution is 2.43. The fourth-order valence-electron chi connectivity index (χ4n) is 2.23. The molecule has 2 unspecified atom stereocenters. The number of aliphatic hydroxyl groups is 1. The first kappa shape index (κ1) is 12.9. The summed E-state index contributed by atoms with van der Waals surface area (Å²) < 4.78 is 33.9. The van der Waals surface area contributed by atoms with Crippen molar-refractivity contribution >= 4 is 17.1 Å². The lowest BCUT2D eigenvalue weighted by molar-refractivity contribution is -0.116. The lowest BCUT2D eigenvalue weighted by atomic mass is 10.2. The van der Waals surface area contributed by atoms with Crippen LogP contribution in [0.2, 0.25) is 0 Å². The molecule has 0 saturated carbocycles. The number of fused-ring (bicyclic) bond motifs is 1. The van der Waals surface area contributed by atoms with E-state index >= 15 is 0 Å². The van der Waals surface area contributed by atoms with Crippen molar-refractivity contribution in [2.45, 2.75) is 24.7 Å². The number of nitrogens with two attached hydrogens (primary N) is 1. The third-order valence-electron chi connectivity index (χ3n) is 3.09. The number of aromatic nitrogens is 4. The van der Waals surface area contributed by atoms with Gasteiger partial charge in [0.25, 0.3) is 11.5 Å². The van der Waals surface area contributed by atoms with Crippen molar-refractivity contribution in [1.82, 2.24) is 19.5 Å². The Bertz CT molecular complexity index is 712. The molecule has 20 heavy (non-hydrogen) atoms. The van der Waals surface area contributed by atoms with E-state index in [9.17, 15) is 13.6 Å². The molecule has 1 fully saturated rings. The van der Waals surface area contributed by atoms with Gasteiger partial charge < -0.3 is 15.6 Å². The Balaban J connectivity index is 2.13. The minimum absolute atomic E-state index is 0.0884. The number of anilines is 1. The highest BCUT2D eigenvalue weighted by atomic mass is 19.3. The van der Waals surface area contributed by atoms with Crippen LogP contribution in [-0.2, 0) is 4.74 Å². The summed E-state index contributed by atoms with van der Waals surface area (Å²) in [5.74, 6) is -3.41. The molecule has 0 aromatic carbocycles. The summed E-state index contributed by atoms with van der Waals surface area (Å²) in [7, 11) is 0. The molecule has 10 heteroatoms. The maximum absolute atomic E-state index is 13.9. The number of aliphatic hydroxyl groups excluding tert-OH is 1. The second kappa shape index (κ2) is 4.21. The largest absolute Gasteiger partial charge is 0.394 e. The van der Waals surface area contributed by atoms with Gasteiger partial charge in [-0.2, -0.15) is 4.98 Å². The second-order valence-corrected chi connectivity index (χ2v) is 4.53. The number of nitrogens with zero attached hydrogens (tertiary/aromatic N) is 3. The summed E-state index contributed by atoms with van der Waals surface area (Å²) in [6, 6.07) is 0. The zero-order valence-electron chi connectivity index (χ0n) is 10.1. The Morgan fingerprint density at radius 2 is 2.40 bits per heavy atom. The van der Waals surface area contributed by atoms with Crippen molar-refractivity contribution in [3.8, 4) is 0 Å². The van der Waals surface area contributed by atoms with E-state index in [1.165, 1.54) is 0 Å². The number of alkyl halides is 2. The number of hydrogen-bond donors (Lipinski definition) is 3. The summed E-state index contributed by atoms with van der Waals surface area (Å²) >= 11 is 0. The summed E-state index contributed by atoms with van der Waals surface area (Å²) in [6.45, 7) is -0.519. The first-order chi connectivity index (χ1) is 9.42. The Kier molecular flexibility index (Phi) is 2.73. The minimum atomic E-state index is -3.21. The van der Waals surface area contributed by atoms with Crippen LogP contribution in [0.5, 0.6) is 0 Å². The van der Waals surface area contributed by atoms with Crippen LogP contribution in [0, 0.1) is 0 Å². The molecule has 4 N–H and O–H groups in total. The summed E-state index contributed by atoms with van der Waals surface area (Å²) in [5.41, 5.74) is 4.58. The van der Waals surface area contributed by atoms with Crippen LogP contribution >= 0.6 is 0 Å². The van der Waals surface area contributed by atoms with Crippen LogP contribution < -0.4 is 11.3 Å². The van der Waals surface area contributed by atoms with Crippen LogP contribution in [0.1, 0.15) is 12.6 Å². The van der Waals surface area contributed by atoms with Gasteiger partial charge in [0.2, 0.25) is 12.2 Å². The topological polar surface area (TPSA) is 119 Å². The number of halogens is 2. The summed E-state index contributed by atoms with van der Waals surface area (Å²) in [5, 5.41) is 8.94. The van der Waals surface area contributed by atoms with E-state index in [0.29, 0.717) is 0 Å². The SMILES string of the molecule is Nc1nc2c(ncn2C2OC(CO)CC2(F)F)c(=O)[nH]1. The maximum atomic E-state index is 13.9. The van der Waals surface area contributed by atoms with Gasteiger partial charge in [-0.15, -0.1) is 0 Å². The fraction of sp³-hybridized carbons (Fsp3) is 0.500. The first-order valence-electron chi connectivity index (χ1n) is 5.79. The van der Waals surface area contributed by atoms with Crippen molar-refractivity contribution in [3.05, 3.63) is 16.7 Å². The van der Waals surface area contributed by atoms with Gasteiger partial charge in [0.05, 0.1) is 19.0 Å². The molecule has 3 heterocycles. The molecule has 1 aliphatic rings. The molecule has 2 aromatic rings. The average Bonchev–Trinajstić information content (AvgIpc) is 2.89. The highest BCUT2D eigenvalue weighted by molar-refractivity contribution is 5.70. The molecule has 2 atom stereocenters. The van der Waals surface area contributed by atoms with Gasteiger partial charge >= 0.3 is 0 Å². The third-order valence-corrected chi connectivity index (χ3v) is 3.09. The van der Waals surface area contributed by atoms with Crippen molar-refractivity contribution in [2.24, 2.45) is 0 Å². The number of aromatic amines is 1. The Hall–Kier alpha value is -2.07. The van der Waals surface area contributed by atoms with E-state index in [-0.39, 0.29) is 17.1 Å². The minimum Gasteiger partial charge on any atom is -0.394 e. The Labute approximate surface area is 110 Å². The van der Waals surface area contributed by atoms with Crippen molar-refractivity contribution in [3.63, 3.8) is 0 Å². The van der Waals surface area contributed by atoms with Gasteiger partial charge in [-0.3, -0.25) is 14.3 Å². The van der Waals surface area contributed by atoms with Gasteiger partial charge in [0, 0.05) is 6.42 Å². The predicted molar refractivity (Wildman–Crippen MR) is 63.1 cm³/mol. The number of ether oxygens (including phenoxy) is 1. The van der Waals surface area contributed by atoms with Gasteiger partial charge in [-0.05, 0) is 0 Å². The van der Waals surface area contributed by atoms with Crippen LogP contribution in [0.15, 0.2) is 11.1 Å². The normalized spacial score (nSPS) is 25.4. The predicted octanol–water partition coefficient (Wildman–Crippen LogP) is -0.383. The number of rotatable bonds is 2. The Morgan fingerprint density at radius 1 is 1.65 bits per heavy atom. The Morgan fingerprint density at radius 3 is 3.05 bits per heavy atom. The standard InChI is InChI=1S/C10H11F2N5O3/c11-10(12)1-4(2-18)20-8(10)17-3-14-5-6(17)15-9(13)16-7(5)19/h3-4,8,18H,1-2H2,(H3,13,15,16,19). The molecular weight excluding hydrogens is 276 g/mol. The summed E-state index contributed by atoms with van der Waals surface area (Å²) in [4.78, 5) is 21.4. The fourth-order valence-corrected chi connectivity index (χ4v) is 2.23. The van der Waals surface area contributed by atoms with E-state index in [2.05, 4.69) is 15.0 Å². The molecule has 0 bridgehead atoms. The molecule has 3 rings (SSSR count). The molecule has 108 valence electrons. The first-order valence-corrected chi connectivity index (χ1v) is 5.79. The van der Waals surface area contributed by atoms with Crippen LogP contribution in [-0.4, -0.2) is 43.3 Å². The third kappa shape index (κ3) is 1.84. The molecule has 0 aliphatic carbocycles. The number of nitrogen functional groups attached to an aromatic ring is 1. The number of nitrogens with one attached hydrogen (secondary N) is 1. The van der Waals surface area contributed by atoms with E-state index in [1.807, 2.05) is 0 Å². The smallest absolute Gasteiger partial charge is 0.295 e. The molecule has 1 aliphatic heterocycles. The number of imidazole rings is 1. The lowest BCUT2D eigenvalue weighted by Gasteiger charge is -2.19. The maximum Gasteiger partial charge on any atom is 0.295 e. The van der Waals surface area contributed by atoms with Gasteiger partial charge in [-0.25, -0.2) is 13.8 Å². The lowest BCUT2D eigenvalue weighted by Crippen LogP contribution is -2.26. The quantitative estimate of drug-likeness (QED) is 0.692. The zero-order valence-corrected chi connectivity index (χ0v) is 10.1. The van der Waals surface area contributed by atoms with Crippen LogP contribution in [0.25, 0.3) is 11.2 Å². The summed E-state index contributed by atoms with van der Waals surface area (Å²) in [6.07, 6.45) is -2.23. The van der Waals surface area contributed by atoms with Crippen LogP contribution in [0.4, 0.5) is 14.7 Å². The van der Waals surface area contributed by atoms with E-state index < -0.39 is 36.8 Å². The van der Waals surface area contributed by atoms with E-state index in [0.717, 1.165) is 10.9 Å². The van der Waals surface area contributed by atoms with Crippen molar-refractivity contribution in [2.75, 3.05) is 12.3 Å². The average molecular weight is 287 g/mol. The number of H-pyrrole nitrogens is 1. The molecule has 0 radical (unpaired) electrons. The van der Waals surface area contributed by atoms with Gasteiger partial charge in [0.1, 0.15) is 0 Å². The monoisotopic (exact) mass is 287 g/mol. The van der Waals surface area contributed by atoms with Crippen molar-refractivity contribution < 1.29 is 18.6 Å². The molecule has 0 amide bonds. The van der Waals surface area contributed by atoms with Crippen LogP contribution in [0.3, 0.4) is 0 Å². The van der Waals surface area contributed by atoms with Crippen molar-refractivity contribution in [1.29, 1.82) is 0 Å². The molecule has 0 spiro atoms. The highest BCUT2D eigenvalue weighted by Gasteiger charge is 2.51. The second-order valence-electron chi connectivity index (χ2n) is 4.53. The number of hydrogen-bond acceptors (Lipinski definition) is 6. The molecule has 8 nitrogen and oxygen atoms in total. The zero-order chi connectivity index (χ0) is 14.5. The van der Waals surface area contributed by atoms with E-state index in [1.54, 1.807) is 0 Å². The molecule has 1 saturated heterocycles. The van der Waals surface area contributed by atoms with Gasteiger partial charge in [-0.1, -0.05) is 0 Å². The van der Waals surface area contributed by atoms with E-state index in [4.69, 9.17) is 15.6 Å². The van der Waals surface area contributed by atoms with Gasteiger partial charge in [0.15, 0.2) is 11.2 Å². The molecule has 2 aromatic heterocycles. The molecular formula is C10H11F2N5O3.